The second-order valence-electron chi connectivity index (χ2n) is 8.74. The molecule has 0 spiro atoms. The average molecular weight is 274 g/mol. The Labute approximate surface area is 123 Å². The Morgan fingerprint density at radius 2 is 1.90 bits per heavy atom. The Bertz CT molecular complexity index is 439. The molecule has 6 atom stereocenters. The van der Waals surface area contributed by atoms with Crippen LogP contribution in [0.1, 0.15) is 71.6 Å². The summed E-state index contributed by atoms with van der Waals surface area (Å²) < 4.78 is 0. The van der Waals surface area contributed by atoms with Gasteiger partial charge in [0.15, 0.2) is 0 Å². The van der Waals surface area contributed by atoms with Crippen molar-refractivity contribution in [2.24, 2.45) is 28.6 Å². The molecule has 0 heterocycles. The van der Waals surface area contributed by atoms with Crippen molar-refractivity contribution in [3.05, 3.63) is 11.6 Å². The Balaban J connectivity index is 1.68. The zero-order valence-electron chi connectivity index (χ0n) is 13.2. The van der Waals surface area contributed by atoms with E-state index in [4.69, 9.17) is 0 Å². The maximum Gasteiger partial charge on any atom is 0.0577 e. The first-order valence-electron chi connectivity index (χ1n) is 8.90. The van der Waals surface area contributed by atoms with Crippen LogP contribution in [0.5, 0.6) is 0 Å². The number of hydrogen-bond acceptors (Lipinski definition) is 1. The molecule has 3 saturated carbocycles. The van der Waals surface area contributed by atoms with Crippen LogP contribution in [0.3, 0.4) is 0 Å². The van der Waals surface area contributed by atoms with E-state index in [1.54, 1.807) is 5.57 Å². The number of fused-ring (bicyclic) bond motifs is 5. The molecule has 0 aromatic rings. The topological polar surface area (TPSA) is 20.2 Å². The molecule has 1 nitrogen and oxygen atoms in total. The van der Waals surface area contributed by atoms with Crippen LogP contribution in [0.15, 0.2) is 11.6 Å². The molecule has 20 heavy (non-hydrogen) atoms. The van der Waals surface area contributed by atoms with E-state index in [9.17, 15) is 5.11 Å². The first-order valence-corrected chi connectivity index (χ1v) is 8.90. The first kappa shape index (κ1) is 13.4. The number of aliphatic hydroxyl groups excluding tert-OH is 1. The summed E-state index contributed by atoms with van der Waals surface area (Å²) in [6.07, 6.45) is 14.3. The number of allylic oxidation sites excluding steroid dienone is 1. The Morgan fingerprint density at radius 3 is 2.75 bits per heavy atom. The zero-order valence-corrected chi connectivity index (χ0v) is 13.2. The largest absolute Gasteiger partial charge is 0.393 e. The van der Waals surface area contributed by atoms with E-state index in [-0.39, 0.29) is 6.10 Å². The van der Waals surface area contributed by atoms with Crippen LogP contribution >= 0.6 is 0 Å². The van der Waals surface area contributed by atoms with Crippen LogP contribution in [0, 0.1) is 28.6 Å². The molecular weight excluding hydrogens is 244 g/mol. The molecular formula is C19H30O. The van der Waals surface area contributed by atoms with Gasteiger partial charge in [-0.1, -0.05) is 31.9 Å². The number of aliphatic hydroxyl groups is 1. The normalized spacial score (nSPS) is 54.6. The molecule has 0 aliphatic heterocycles. The smallest absolute Gasteiger partial charge is 0.0577 e. The van der Waals surface area contributed by atoms with Crippen molar-refractivity contribution in [3.63, 3.8) is 0 Å². The van der Waals surface area contributed by atoms with Crippen molar-refractivity contribution in [2.75, 3.05) is 0 Å². The van der Waals surface area contributed by atoms with Crippen LogP contribution in [0.4, 0.5) is 0 Å². The third-order valence-electron chi connectivity index (χ3n) is 7.86. The predicted molar refractivity (Wildman–Crippen MR) is 82.3 cm³/mol. The fourth-order valence-corrected chi connectivity index (χ4v) is 6.63. The van der Waals surface area contributed by atoms with E-state index in [1.807, 2.05) is 0 Å². The highest BCUT2D eigenvalue weighted by Crippen LogP contribution is 2.64. The highest BCUT2D eigenvalue weighted by molar-refractivity contribution is 5.25. The summed E-state index contributed by atoms with van der Waals surface area (Å²) in [5.74, 6) is 2.84. The molecule has 0 radical (unpaired) electrons. The van der Waals surface area contributed by atoms with Gasteiger partial charge in [-0.25, -0.2) is 0 Å². The molecule has 4 aliphatic carbocycles. The molecule has 3 fully saturated rings. The van der Waals surface area contributed by atoms with Crippen LogP contribution in [0.2, 0.25) is 0 Å². The quantitative estimate of drug-likeness (QED) is 0.635. The predicted octanol–water partition coefficient (Wildman–Crippen LogP) is 4.70. The molecule has 4 aliphatic rings. The van der Waals surface area contributed by atoms with Gasteiger partial charge in [0, 0.05) is 0 Å². The SMILES string of the molecule is CC12CCCC1[C@@H]1CC=C3CC(O)CCC3(C)C1CC2. The highest BCUT2D eigenvalue weighted by Gasteiger charge is 2.55. The van der Waals surface area contributed by atoms with Crippen LogP contribution in [-0.4, -0.2) is 11.2 Å². The van der Waals surface area contributed by atoms with E-state index in [0.717, 1.165) is 30.6 Å². The van der Waals surface area contributed by atoms with Gasteiger partial charge in [0.1, 0.15) is 0 Å². The number of hydrogen-bond donors (Lipinski definition) is 1. The highest BCUT2D eigenvalue weighted by atomic mass is 16.3. The summed E-state index contributed by atoms with van der Waals surface area (Å²) >= 11 is 0. The summed E-state index contributed by atoms with van der Waals surface area (Å²) in [6.45, 7) is 5.10. The van der Waals surface area contributed by atoms with Crippen molar-refractivity contribution in [2.45, 2.75) is 77.7 Å². The minimum absolute atomic E-state index is 0.0637. The summed E-state index contributed by atoms with van der Waals surface area (Å²) in [7, 11) is 0. The second-order valence-corrected chi connectivity index (χ2v) is 8.74. The standard InChI is InChI=1S/C19H30O/c1-18-9-3-4-16(18)15-6-5-13-12-14(20)7-11-19(13,2)17(15)8-10-18/h5,14-17,20H,3-4,6-12H2,1-2H3/t14?,15-,16?,17?,18?,19?/m0/s1. The van der Waals surface area contributed by atoms with Crippen molar-refractivity contribution >= 4 is 0 Å². The summed E-state index contributed by atoms with van der Waals surface area (Å²) in [4.78, 5) is 0. The van der Waals surface area contributed by atoms with Gasteiger partial charge < -0.3 is 5.11 Å². The minimum atomic E-state index is -0.0637. The molecule has 112 valence electrons. The molecule has 0 saturated heterocycles. The lowest BCUT2D eigenvalue weighted by atomic mass is 9.48. The van der Waals surface area contributed by atoms with E-state index in [0.29, 0.717) is 10.8 Å². The lowest BCUT2D eigenvalue weighted by molar-refractivity contribution is -0.0360. The summed E-state index contributed by atoms with van der Waals surface area (Å²) in [6, 6.07) is 0. The van der Waals surface area contributed by atoms with Gasteiger partial charge in [0.25, 0.3) is 0 Å². The third kappa shape index (κ3) is 1.71. The van der Waals surface area contributed by atoms with Crippen LogP contribution in [-0.2, 0) is 0 Å². The van der Waals surface area contributed by atoms with E-state index in [1.165, 1.54) is 44.9 Å². The molecule has 0 aromatic heterocycles. The Kier molecular flexibility index (Phi) is 2.91. The van der Waals surface area contributed by atoms with Gasteiger partial charge in [-0.05, 0) is 80.0 Å². The van der Waals surface area contributed by atoms with Gasteiger partial charge >= 0.3 is 0 Å². The van der Waals surface area contributed by atoms with E-state index in [2.05, 4.69) is 19.9 Å². The number of rotatable bonds is 0. The Morgan fingerprint density at radius 1 is 1.05 bits per heavy atom. The molecule has 0 aromatic carbocycles. The zero-order chi connectivity index (χ0) is 14.0. The molecule has 5 unspecified atom stereocenters. The van der Waals surface area contributed by atoms with Crippen molar-refractivity contribution < 1.29 is 5.11 Å². The monoisotopic (exact) mass is 274 g/mol. The van der Waals surface area contributed by atoms with Crippen LogP contribution in [0.25, 0.3) is 0 Å². The maximum absolute atomic E-state index is 10.0. The van der Waals surface area contributed by atoms with Crippen molar-refractivity contribution in [3.8, 4) is 0 Å². The Hall–Kier alpha value is -0.300. The first-order chi connectivity index (χ1) is 9.53. The molecule has 4 rings (SSSR count). The van der Waals surface area contributed by atoms with Gasteiger partial charge in [-0.15, -0.1) is 0 Å². The lowest BCUT2D eigenvalue weighted by Gasteiger charge is -2.57. The summed E-state index contributed by atoms with van der Waals surface area (Å²) in [5, 5.41) is 10.0. The molecule has 1 N–H and O–H groups in total. The second kappa shape index (κ2) is 4.35. The van der Waals surface area contributed by atoms with Crippen molar-refractivity contribution in [1.82, 2.24) is 0 Å². The van der Waals surface area contributed by atoms with E-state index < -0.39 is 0 Å². The van der Waals surface area contributed by atoms with Gasteiger partial charge in [0.2, 0.25) is 0 Å². The van der Waals surface area contributed by atoms with Gasteiger partial charge in [-0.2, -0.15) is 0 Å². The third-order valence-corrected chi connectivity index (χ3v) is 7.86. The summed E-state index contributed by atoms with van der Waals surface area (Å²) in [5.41, 5.74) is 2.70. The van der Waals surface area contributed by atoms with Crippen LogP contribution < -0.4 is 0 Å². The van der Waals surface area contributed by atoms with Gasteiger partial charge in [-0.3, -0.25) is 0 Å². The van der Waals surface area contributed by atoms with Gasteiger partial charge in [0.05, 0.1) is 6.10 Å². The fraction of sp³-hybridized carbons (Fsp3) is 0.895. The maximum atomic E-state index is 10.0. The minimum Gasteiger partial charge on any atom is -0.393 e. The fourth-order valence-electron chi connectivity index (χ4n) is 6.63. The molecule has 1 heteroatoms. The molecule has 0 amide bonds. The lowest BCUT2D eigenvalue weighted by Crippen LogP contribution is -2.49. The molecule has 0 bridgehead atoms. The van der Waals surface area contributed by atoms with Crippen molar-refractivity contribution in [1.29, 1.82) is 0 Å². The van der Waals surface area contributed by atoms with E-state index >= 15 is 0 Å². The average Bonchev–Trinajstić information content (AvgIpc) is 2.81.